The zero-order valence-corrected chi connectivity index (χ0v) is 13.1. The minimum absolute atomic E-state index is 0.186. The second-order valence-electron chi connectivity index (χ2n) is 5.05. The van der Waals surface area contributed by atoms with Crippen molar-refractivity contribution in [1.29, 1.82) is 0 Å². The van der Waals surface area contributed by atoms with Crippen LogP contribution in [0.1, 0.15) is 23.1 Å². The smallest absolute Gasteiger partial charge is 0.255 e. The predicted octanol–water partition coefficient (Wildman–Crippen LogP) is 2.30. The van der Waals surface area contributed by atoms with E-state index in [4.69, 9.17) is 4.74 Å². The van der Waals surface area contributed by atoms with E-state index in [-0.39, 0.29) is 5.91 Å². The highest BCUT2D eigenvalue weighted by atomic mass is 16.5. The van der Waals surface area contributed by atoms with E-state index in [0.29, 0.717) is 24.5 Å². The third kappa shape index (κ3) is 3.01. The molecule has 0 saturated carbocycles. The van der Waals surface area contributed by atoms with Gasteiger partial charge in [0, 0.05) is 13.2 Å². The summed E-state index contributed by atoms with van der Waals surface area (Å²) in [5.41, 5.74) is 2.13. The molecule has 6 heteroatoms. The van der Waals surface area contributed by atoms with Crippen LogP contribution in [0.25, 0.3) is 11.2 Å². The molecule has 2 heterocycles. The first kappa shape index (κ1) is 15.0. The molecule has 0 saturated heterocycles. The quantitative estimate of drug-likeness (QED) is 0.785. The maximum Gasteiger partial charge on any atom is 0.255 e. The van der Waals surface area contributed by atoms with Crippen molar-refractivity contribution in [2.75, 3.05) is 6.61 Å². The Kier molecular flexibility index (Phi) is 4.23. The topological polar surface area (TPSA) is 69.0 Å². The van der Waals surface area contributed by atoms with Crippen LogP contribution < -0.4 is 10.1 Å². The number of imidazole rings is 1. The number of hydrogen-bond donors (Lipinski definition) is 1. The highest BCUT2D eigenvalue weighted by molar-refractivity contribution is 5.96. The molecule has 6 nitrogen and oxygen atoms in total. The minimum Gasteiger partial charge on any atom is -0.493 e. The molecule has 0 aliphatic rings. The summed E-state index contributed by atoms with van der Waals surface area (Å²) in [7, 11) is 1.89. The fraction of sp³-hybridized carbons (Fsp3) is 0.235. The maximum absolute atomic E-state index is 12.4. The van der Waals surface area contributed by atoms with Crippen LogP contribution >= 0.6 is 0 Å². The Labute approximate surface area is 134 Å². The molecule has 3 rings (SSSR count). The lowest BCUT2D eigenvalue weighted by Crippen LogP contribution is -2.25. The number of nitrogens with one attached hydrogen (secondary N) is 1. The first-order valence-electron chi connectivity index (χ1n) is 7.47. The van der Waals surface area contributed by atoms with E-state index in [0.717, 1.165) is 17.0 Å². The Morgan fingerprint density at radius 3 is 2.87 bits per heavy atom. The van der Waals surface area contributed by atoms with Crippen LogP contribution in [0.5, 0.6) is 5.75 Å². The largest absolute Gasteiger partial charge is 0.493 e. The molecule has 0 atom stereocenters. The number of para-hydroxylation sites is 1. The molecule has 23 heavy (non-hydrogen) atoms. The fourth-order valence-electron chi connectivity index (χ4n) is 2.42. The molecule has 0 fully saturated rings. The number of fused-ring (bicyclic) bond motifs is 1. The van der Waals surface area contributed by atoms with Crippen LogP contribution in [0, 0.1) is 0 Å². The van der Waals surface area contributed by atoms with Gasteiger partial charge in [0.25, 0.3) is 5.91 Å². The van der Waals surface area contributed by atoms with Crippen molar-refractivity contribution < 1.29 is 9.53 Å². The number of carbonyl (C=O) groups excluding carboxylic acids is 1. The van der Waals surface area contributed by atoms with Gasteiger partial charge in [0.05, 0.1) is 18.7 Å². The van der Waals surface area contributed by atoms with Gasteiger partial charge in [-0.25, -0.2) is 9.97 Å². The molecule has 0 aliphatic heterocycles. The summed E-state index contributed by atoms with van der Waals surface area (Å²) in [6, 6.07) is 10.9. The van der Waals surface area contributed by atoms with Crippen molar-refractivity contribution in [1.82, 2.24) is 19.9 Å². The van der Waals surface area contributed by atoms with Crippen LogP contribution in [-0.4, -0.2) is 27.0 Å². The van der Waals surface area contributed by atoms with Gasteiger partial charge in [-0.2, -0.15) is 0 Å². The van der Waals surface area contributed by atoms with Gasteiger partial charge in [-0.1, -0.05) is 12.1 Å². The number of aromatic nitrogens is 3. The summed E-state index contributed by atoms with van der Waals surface area (Å²) in [5, 5.41) is 2.89. The van der Waals surface area contributed by atoms with Gasteiger partial charge in [0.2, 0.25) is 0 Å². The number of nitrogens with zero attached hydrogens (tertiary/aromatic N) is 3. The summed E-state index contributed by atoms with van der Waals surface area (Å²) >= 11 is 0. The molecule has 1 amide bonds. The third-order valence-electron chi connectivity index (χ3n) is 3.56. The van der Waals surface area contributed by atoms with Crippen molar-refractivity contribution in [3.8, 4) is 5.75 Å². The third-order valence-corrected chi connectivity index (χ3v) is 3.56. The van der Waals surface area contributed by atoms with Crippen molar-refractivity contribution >= 4 is 17.1 Å². The molecule has 3 aromatic rings. The van der Waals surface area contributed by atoms with Gasteiger partial charge < -0.3 is 14.6 Å². The molecule has 0 unspecified atom stereocenters. The fourth-order valence-corrected chi connectivity index (χ4v) is 2.42. The number of pyridine rings is 1. The Hall–Kier alpha value is -2.89. The zero-order chi connectivity index (χ0) is 16.2. The average Bonchev–Trinajstić information content (AvgIpc) is 2.90. The molecular weight excluding hydrogens is 292 g/mol. The maximum atomic E-state index is 12.4. The van der Waals surface area contributed by atoms with Crippen LogP contribution in [0.2, 0.25) is 0 Å². The lowest BCUT2D eigenvalue weighted by molar-refractivity contribution is 0.0946. The molecule has 1 N–H and O–H groups in total. The van der Waals surface area contributed by atoms with E-state index in [2.05, 4.69) is 15.3 Å². The van der Waals surface area contributed by atoms with Crippen molar-refractivity contribution in [2.45, 2.75) is 13.5 Å². The SMILES string of the molecule is CCOc1ccccc1C(=O)NCc1nc2cccnc2n1C. The van der Waals surface area contributed by atoms with Gasteiger partial charge in [-0.3, -0.25) is 4.79 Å². The van der Waals surface area contributed by atoms with E-state index < -0.39 is 0 Å². The van der Waals surface area contributed by atoms with Crippen LogP contribution in [-0.2, 0) is 13.6 Å². The summed E-state index contributed by atoms with van der Waals surface area (Å²) in [4.78, 5) is 21.2. The molecule has 0 spiro atoms. The molecule has 0 aliphatic carbocycles. The molecule has 0 radical (unpaired) electrons. The molecule has 1 aromatic carbocycles. The van der Waals surface area contributed by atoms with Gasteiger partial charge in [0.15, 0.2) is 5.65 Å². The zero-order valence-electron chi connectivity index (χ0n) is 13.1. The number of hydrogen-bond acceptors (Lipinski definition) is 4. The van der Waals surface area contributed by atoms with Gasteiger partial charge in [0.1, 0.15) is 17.1 Å². The first-order valence-corrected chi connectivity index (χ1v) is 7.47. The molecular formula is C17H18N4O2. The lowest BCUT2D eigenvalue weighted by Gasteiger charge is -2.10. The van der Waals surface area contributed by atoms with Crippen molar-refractivity contribution in [3.63, 3.8) is 0 Å². The van der Waals surface area contributed by atoms with E-state index in [9.17, 15) is 4.79 Å². The normalized spacial score (nSPS) is 10.7. The van der Waals surface area contributed by atoms with Crippen LogP contribution in [0.3, 0.4) is 0 Å². The number of amides is 1. The number of rotatable bonds is 5. The predicted molar refractivity (Wildman–Crippen MR) is 87.3 cm³/mol. The number of aryl methyl sites for hydroxylation is 1. The second kappa shape index (κ2) is 6.48. The first-order chi connectivity index (χ1) is 11.2. The summed E-state index contributed by atoms with van der Waals surface area (Å²) in [6.45, 7) is 2.73. The summed E-state index contributed by atoms with van der Waals surface area (Å²) in [6.07, 6.45) is 1.73. The van der Waals surface area contributed by atoms with Gasteiger partial charge in [-0.05, 0) is 31.2 Å². The minimum atomic E-state index is -0.186. The molecule has 118 valence electrons. The second-order valence-corrected chi connectivity index (χ2v) is 5.05. The van der Waals surface area contributed by atoms with E-state index in [1.807, 2.05) is 42.8 Å². The lowest BCUT2D eigenvalue weighted by atomic mass is 10.2. The number of benzene rings is 1. The van der Waals surface area contributed by atoms with Crippen LogP contribution in [0.4, 0.5) is 0 Å². The van der Waals surface area contributed by atoms with E-state index >= 15 is 0 Å². The van der Waals surface area contributed by atoms with Gasteiger partial charge in [-0.15, -0.1) is 0 Å². The Morgan fingerprint density at radius 1 is 1.26 bits per heavy atom. The Bertz CT molecular complexity index is 841. The average molecular weight is 310 g/mol. The summed E-state index contributed by atoms with van der Waals surface area (Å²) < 4.78 is 7.37. The van der Waals surface area contributed by atoms with Crippen LogP contribution in [0.15, 0.2) is 42.6 Å². The van der Waals surface area contributed by atoms with E-state index in [1.54, 1.807) is 18.3 Å². The molecule has 0 bridgehead atoms. The highest BCUT2D eigenvalue weighted by Crippen LogP contribution is 2.18. The summed E-state index contributed by atoms with van der Waals surface area (Å²) in [5.74, 6) is 1.15. The number of ether oxygens (including phenoxy) is 1. The monoisotopic (exact) mass is 310 g/mol. The van der Waals surface area contributed by atoms with Crippen molar-refractivity contribution in [3.05, 3.63) is 54.0 Å². The van der Waals surface area contributed by atoms with E-state index in [1.165, 1.54) is 0 Å². The van der Waals surface area contributed by atoms with Gasteiger partial charge >= 0.3 is 0 Å². The standard InChI is InChI=1S/C17H18N4O2/c1-3-23-14-9-5-4-7-12(14)17(22)19-11-15-20-13-8-6-10-18-16(13)21(15)2/h4-10H,3,11H2,1-2H3,(H,19,22). The molecule has 2 aromatic heterocycles. The number of carbonyl (C=O) groups is 1. The highest BCUT2D eigenvalue weighted by Gasteiger charge is 2.13. The van der Waals surface area contributed by atoms with Crippen molar-refractivity contribution in [2.24, 2.45) is 7.05 Å². The Balaban J connectivity index is 1.77. The Morgan fingerprint density at radius 2 is 2.09 bits per heavy atom.